The smallest absolute Gasteiger partial charge is 0.261 e. The van der Waals surface area contributed by atoms with Crippen molar-refractivity contribution in [3.63, 3.8) is 0 Å². The van der Waals surface area contributed by atoms with Crippen molar-refractivity contribution in [3.8, 4) is 0 Å². The van der Waals surface area contributed by atoms with Crippen LogP contribution in [0.5, 0.6) is 0 Å². The first-order valence-corrected chi connectivity index (χ1v) is 11.0. The number of amides is 3. The predicted molar refractivity (Wildman–Crippen MR) is 118 cm³/mol. The van der Waals surface area contributed by atoms with Gasteiger partial charge in [0.05, 0.1) is 11.1 Å². The maximum absolute atomic E-state index is 12.4. The first kappa shape index (κ1) is 21.2. The Balaban J connectivity index is 1.30. The molecule has 0 radical (unpaired) electrons. The van der Waals surface area contributed by atoms with Crippen LogP contribution >= 0.6 is 0 Å². The number of rotatable bonds is 7. The molecule has 162 valence electrons. The van der Waals surface area contributed by atoms with Crippen LogP contribution in [0.1, 0.15) is 58.0 Å². The highest BCUT2D eigenvalue weighted by Gasteiger charge is 2.34. The summed E-state index contributed by atoms with van der Waals surface area (Å²) in [6.07, 6.45) is 2.62. The van der Waals surface area contributed by atoms with Gasteiger partial charge in [-0.1, -0.05) is 43.3 Å². The van der Waals surface area contributed by atoms with Gasteiger partial charge in [0.15, 0.2) is 0 Å². The summed E-state index contributed by atoms with van der Waals surface area (Å²) >= 11 is 0. The van der Waals surface area contributed by atoms with Crippen molar-refractivity contribution in [3.05, 3.63) is 70.8 Å². The summed E-state index contributed by atoms with van der Waals surface area (Å²) in [6.45, 7) is 5.95. The van der Waals surface area contributed by atoms with E-state index in [1.807, 2.05) is 18.2 Å². The zero-order valence-electron chi connectivity index (χ0n) is 18.0. The zero-order valence-corrected chi connectivity index (χ0v) is 18.0. The van der Waals surface area contributed by atoms with Gasteiger partial charge in [-0.3, -0.25) is 24.2 Å². The summed E-state index contributed by atoms with van der Waals surface area (Å²) in [6, 6.07) is 15.0. The molecule has 3 amide bonds. The Bertz CT molecular complexity index is 952. The van der Waals surface area contributed by atoms with Gasteiger partial charge in [0.1, 0.15) is 0 Å². The van der Waals surface area contributed by atoms with E-state index in [9.17, 15) is 14.4 Å². The molecule has 4 rings (SSSR count). The maximum Gasteiger partial charge on any atom is 0.261 e. The van der Waals surface area contributed by atoms with Crippen LogP contribution in [0.15, 0.2) is 48.5 Å². The van der Waals surface area contributed by atoms with E-state index in [1.165, 1.54) is 18.4 Å². The lowest BCUT2D eigenvalue weighted by Gasteiger charge is -2.31. The number of imide groups is 1. The van der Waals surface area contributed by atoms with Gasteiger partial charge in [0, 0.05) is 32.6 Å². The summed E-state index contributed by atoms with van der Waals surface area (Å²) < 4.78 is 0. The molecule has 0 bridgehead atoms. The molecule has 2 aliphatic heterocycles. The van der Waals surface area contributed by atoms with Gasteiger partial charge in [0.25, 0.3) is 11.8 Å². The molecule has 1 fully saturated rings. The molecule has 0 saturated carbocycles. The second kappa shape index (κ2) is 9.43. The molecule has 0 spiro atoms. The fraction of sp³-hybridized carbons (Fsp3) is 0.400. The fourth-order valence-corrected chi connectivity index (χ4v) is 4.49. The molecule has 1 N–H and O–H groups in total. The highest BCUT2D eigenvalue weighted by Crippen LogP contribution is 2.22. The number of carbonyl (C=O) groups is 3. The lowest BCUT2D eigenvalue weighted by atomic mass is 9.99. The summed E-state index contributed by atoms with van der Waals surface area (Å²) in [7, 11) is 0. The van der Waals surface area contributed by atoms with Crippen molar-refractivity contribution < 1.29 is 14.4 Å². The van der Waals surface area contributed by atoms with Crippen molar-refractivity contribution in [2.75, 3.05) is 19.6 Å². The van der Waals surface area contributed by atoms with E-state index in [-0.39, 0.29) is 30.7 Å². The molecule has 0 aliphatic carbocycles. The van der Waals surface area contributed by atoms with E-state index in [0.29, 0.717) is 17.7 Å². The first-order valence-electron chi connectivity index (χ1n) is 11.0. The lowest BCUT2D eigenvalue weighted by molar-refractivity contribution is -0.121. The Hall–Kier alpha value is -2.99. The molecule has 1 atom stereocenters. The normalized spacial score (nSPS) is 18.9. The van der Waals surface area contributed by atoms with Gasteiger partial charge >= 0.3 is 0 Å². The molecule has 31 heavy (non-hydrogen) atoms. The molecule has 1 saturated heterocycles. The summed E-state index contributed by atoms with van der Waals surface area (Å²) in [5.41, 5.74) is 3.16. The molecule has 2 aromatic carbocycles. The number of carbonyl (C=O) groups excluding carboxylic acids is 3. The molecule has 6 heteroatoms. The average Bonchev–Trinajstić information content (AvgIpc) is 3.02. The van der Waals surface area contributed by atoms with Crippen LogP contribution in [0.3, 0.4) is 0 Å². The van der Waals surface area contributed by atoms with Crippen molar-refractivity contribution in [1.29, 1.82) is 0 Å². The van der Waals surface area contributed by atoms with E-state index in [0.717, 1.165) is 36.0 Å². The molecular formula is C25H29N3O3. The van der Waals surface area contributed by atoms with Crippen molar-refractivity contribution in [2.24, 2.45) is 5.92 Å². The van der Waals surface area contributed by atoms with Gasteiger partial charge < -0.3 is 5.32 Å². The van der Waals surface area contributed by atoms with Gasteiger partial charge in [0.2, 0.25) is 5.91 Å². The minimum atomic E-state index is -0.325. The van der Waals surface area contributed by atoms with Gasteiger partial charge in [-0.2, -0.15) is 0 Å². The minimum absolute atomic E-state index is 0.0888. The van der Waals surface area contributed by atoms with Gasteiger partial charge in [-0.05, 0) is 48.6 Å². The molecule has 0 aromatic heterocycles. The summed E-state index contributed by atoms with van der Waals surface area (Å²) in [5.74, 6) is -0.0928. The Labute approximate surface area is 183 Å². The number of fused-ring (bicyclic) bond motifs is 1. The van der Waals surface area contributed by atoms with Crippen LogP contribution in [0, 0.1) is 5.92 Å². The largest absolute Gasteiger partial charge is 0.352 e. The monoisotopic (exact) mass is 419 g/mol. The number of likely N-dealkylation sites (tertiary alicyclic amines) is 1. The highest BCUT2D eigenvalue weighted by molar-refractivity contribution is 6.21. The van der Waals surface area contributed by atoms with Crippen LogP contribution in [0.25, 0.3) is 0 Å². The maximum atomic E-state index is 12.4. The van der Waals surface area contributed by atoms with Crippen molar-refractivity contribution in [1.82, 2.24) is 15.1 Å². The third-order valence-corrected chi connectivity index (χ3v) is 6.17. The number of benzene rings is 2. The van der Waals surface area contributed by atoms with Crippen molar-refractivity contribution in [2.45, 2.75) is 39.3 Å². The molecular weight excluding hydrogens is 390 g/mol. The van der Waals surface area contributed by atoms with E-state index >= 15 is 0 Å². The second-order valence-electron chi connectivity index (χ2n) is 8.59. The first-order chi connectivity index (χ1) is 15.0. The number of hydrogen-bond donors (Lipinski definition) is 1. The van der Waals surface area contributed by atoms with E-state index < -0.39 is 0 Å². The molecule has 2 aromatic rings. The predicted octanol–water partition coefficient (Wildman–Crippen LogP) is 3.22. The highest BCUT2D eigenvalue weighted by atomic mass is 16.2. The second-order valence-corrected chi connectivity index (χ2v) is 8.59. The Kier molecular flexibility index (Phi) is 6.47. The van der Waals surface area contributed by atoms with Crippen LogP contribution < -0.4 is 5.32 Å². The van der Waals surface area contributed by atoms with Crippen LogP contribution in [0.4, 0.5) is 0 Å². The van der Waals surface area contributed by atoms with Crippen LogP contribution in [-0.2, 0) is 17.9 Å². The average molecular weight is 420 g/mol. The number of nitrogens with one attached hydrogen (secondary N) is 1. The van der Waals surface area contributed by atoms with Crippen LogP contribution in [-0.4, -0.2) is 47.2 Å². The van der Waals surface area contributed by atoms with Crippen LogP contribution in [0.2, 0.25) is 0 Å². The third-order valence-electron chi connectivity index (χ3n) is 6.17. The third kappa shape index (κ3) is 4.85. The van der Waals surface area contributed by atoms with E-state index in [4.69, 9.17) is 0 Å². The van der Waals surface area contributed by atoms with Gasteiger partial charge in [-0.15, -0.1) is 0 Å². The SMILES string of the molecule is C[C@@H]1CCCN(Cc2ccccc2CNC(=O)CCN2C(=O)c3ccccc3C2=O)C1. The fourth-order valence-electron chi connectivity index (χ4n) is 4.49. The van der Waals surface area contributed by atoms with Crippen molar-refractivity contribution >= 4 is 17.7 Å². The number of hydrogen-bond acceptors (Lipinski definition) is 4. The molecule has 6 nitrogen and oxygen atoms in total. The lowest BCUT2D eigenvalue weighted by Crippen LogP contribution is -2.35. The minimum Gasteiger partial charge on any atom is -0.352 e. The summed E-state index contributed by atoms with van der Waals surface area (Å²) in [4.78, 5) is 40.9. The Morgan fingerprint density at radius 1 is 1.00 bits per heavy atom. The zero-order chi connectivity index (χ0) is 21.8. The summed E-state index contributed by atoms with van der Waals surface area (Å²) in [5, 5.41) is 2.95. The topological polar surface area (TPSA) is 69.7 Å². The number of piperidine rings is 1. The standard InChI is InChI=1S/C25H29N3O3/c1-18-7-6-13-27(16-18)17-20-9-3-2-8-19(20)15-26-23(29)12-14-28-24(30)21-10-4-5-11-22(21)25(28)31/h2-5,8-11,18H,6-7,12-17H2,1H3,(H,26,29)/t18-/m1/s1. The molecule has 0 unspecified atom stereocenters. The Morgan fingerprint density at radius 2 is 1.65 bits per heavy atom. The molecule has 2 aliphatic rings. The quantitative estimate of drug-likeness (QED) is 0.700. The Morgan fingerprint density at radius 3 is 2.32 bits per heavy atom. The number of nitrogens with zero attached hydrogens (tertiary/aromatic N) is 2. The van der Waals surface area contributed by atoms with Gasteiger partial charge in [-0.25, -0.2) is 0 Å². The van der Waals surface area contributed by atoms with E-state index in [2.05, 4.69) is 23.2 Å². The van der Waals surface area contributed by atoms with E-state index in [1.54, 1.807) is 24.3 Å². The molecule has 2 heterocycles.